The fourth-order valence-electron chi connectivity index (χ4n) is 5.58. The van der Waals surface area contributed by atoms with Crippen LogP contribution in [0.3, 0.4) is 0 Å². The van der Waals surface area contributed by atoms with Crippen LogP contribution in [-0.4, -0.2) is 97.5 Å². The molecule has 15 heteroatoms. The van der Waals surface area contributed by atoms with Crippen molar-refractivity contribution in [3.8, 4) is 11.1 Å². The minimum absolute atomic E-state index is 0.0666. The molecule has 252 valence electrons. The maximum absolute atomic E-state index is 12.8. The van der Waals surface area contributed by atoms with E-state index in [0.717, 1.165) is 49.9 Å². The zero-order chi connectivity index (χ0) is 34.2. The molecule has 0 aromatic heterocycles. The number of carboxylic acids is 1. The van der Waals surface area contributed by atoms with Crippen molar-refractivity contribution in [3.63, 3.8) is 0 Å². The number of aliphatic carboxylic acids is 1. The van der Waals surface area contributed by atoms with Gasteiger partial charge in [0.05, 0.1) is 6.61 Å². The predicted octanol–water partition coefficient (Wildman–Crippen LogP) is 1.65. The zero-order valence-electron chi connectivity index (χ0n) is 26.1. The van der Waals surface area contributed by atoms with Gasteiger partial charge in [-0.2, -0.15) is 0 Å². The van der Waals surface area contributed by atoms with E-state index in [1.807, 2.05) is 48.5 Å². The average Bonchev–Trinajstić information content (AvgIpc) is 3.32. The standard InChI is InChI=1S/C32H36N2O13/c1-16(35)33-27-29(46-19(4)38)28(45-18(3)37)26(15-42-17(2)36)47-31(27)43-14-25(30(39)40)34-32(41)44-13-24-22-11-7-5-9-20(22)21-10-6-8-12-23(21)24/h5-12,24-29,31H,13-15H2,1-4H3,(H,33,35)(H,34,41)(H,39,40)/t25-,26?,27?,28-,29?,31+/m0/s1. The third kappa shape index (κ3) is 8.83. The van der Waals surface area contributed by atoms with Gasteiger partial charge >= 0.3 is 30.0 Å². The molecule has 47 heavy (non-hydrogen) atoms. The summed E-state index contributed by atoms with van der Waals surface area (Å²) < 4.78 is 32.8. The molecule has 6 atom stereocenters. The molecular formula is C32H36N2O13. The molecule has 1 aliphatic carbocycles. The second-order valence-corrected chi connectivity index (χ2v) is 10.9. The molecule has 3 unspecified atom stereocenters. The highest BCUT2D eigenvalue weighted by Crippen LogP contribution is 2.44. The van der Waals surface area contributed by atoms with E-state index in [1.54, 1.807) is 0 Å². The molecule has 0 saturated carbocycles. The first-order chi connectivity index (χ1) is 22.3. The highest BCUT2D eigenvalue weighted by Gasteiger charge is 2.51. The summed E-state index contributed by atoms with van der Waals surface area (Å²) in [5.74, 6) is -4.65. The number of nitrogens with one attached hydrogen (secondary N) is 2. The predicted molar refractivity (Wildman–Crippen MR) is 160 cm³/mol. The van der Waals surface area contributed by atoms with E-state index >= 15 is 0 Å². The number of carbonyl (C=O) groups excluding carboxylic acids is 5. The van der Waals surface area contributed by atoms with Crippen LogP contribution in [0.25, 0.3) is 11.1 Å². The summed E-state index contributed by atoms with van der Waals surface area (Å²) in [4.78, 5) is 72.6. The van der Waals surface area contributed by atoms with Crippen molar-refractivity contribution in [3.05, 3.63) is 59.7 Å². The van der Waals surface area contributed by atoms with Crippen molar-refractivity contribution < 1.29 is 62.3 Å². The number of carboxylic acid groups (broad SMARTS) is 1. The number of hydrogen-bond acceptors (Lipinski definition) is 12. The Hall–Kier alpha value is -5.02. The van der Waals surface area contributed by atoms with Gasteiger partial charge in [0.25, 0.3) is 0 Å². The van der Waals surface area contributed by atoms with Gasteiger partial charge in [-0.3, -0.25) is 19.2 Å². The van der Waals surface area contributed by atoms with Gasteiger partial charge in [-0.1, -0.05) is 48.5 Å². The van der Waals surface area contributed by atoms with E-state index < -0.39 is 85.8 Å². The third-order valence-corrected chi connectivity index (χ3v) is 7.43. The van der Waals surface area contributed by atoms with Gasteiger partial charge in [0, 0.05) is 33.6 Å². The first-order valence-corrected chi connectivity index (χ1v) is 14.7. The summed E-state index contributed by atoms with van der Waals surface area (Å²) in [6.07, 6.45) is -6.58. The second kappa shape index (κ2) is 15.5. The van der Waals surface area contributed by atoms with Crippen LogP contribution in [0.1, 0.15) is 44.7 Å². The highest BCUT2D eigenvalue weighted by atomic mass is 16.7. The lowest BCUT2D eigenvalue weighted by Crippen LogP contribution is -2.67. The molecule has 2 aromatic carbocycles. The van der Waals surface area contributed by atoms with Crippen LogP contribution in [0.4, 0.5) is 4.79 Å². The monoisotopic (exact) mass is 656 g/mol. The fourth-order valence-corrected chi connectivity index (χ4v) is 5.58. The van der Waals surface area contributed by atoms with Gasteiger partial charge in [0.1, 0.15) is 25.4 Å². The van der Waals surface area contributed by atoms with Gasteiger partial charge in [-0.25, -0.2) is 9.59 Å². The molecule has 4 rings (SSSR count). The summed E-state index contributed by atoms with van der Waals surface area (Å²) in [5.41, 5.74) is 3.97. The Morgan fingerprint density at radius 3 is 1.89 bits per heavy atom. The van der Waals surface area contributed by atoms with Crippen molar-refractivity contribution in [2.45, 2.75) is 70.3 Å². The van der Waals surface area contributed by atoms with Crippen molar-refractivity contribution in [2.75, 3.05) is 19.8 Å². The van der Waals surface area contributed by atoms with E-state index in [0.29, 0.717) is 0 Å². The van der Waals surface area contributed by atoms with Crippen molar-refractivity contribution in [2.24, 2.45) is 0 Å². The van der Waals surface area contributed by atoms with Crippen LogP contribution in [-0.2, 0) is 52.4 Å². The molecule has 3 N–H and O–H groups in total. The van der Waals surface area contributed by atoms with Gasteiger partial charge in [-0.05, 0) is 22.3 Å². The van der Waals surface area contributed by atoms with Gasteiger partial charge in [-0.15, -0.1) is 0 Å². The summed E-state index contributed by atoms with van der Waals surface area (Å²) in [7, 11) is 0. The maximum atomic E-state index is 12.8. The van der Waals surface area contributed by atoms with Gasteiger partial charge in [0.2, 0.25) is 5.91 Å². The first-order valence-electron chi connectivity index (χ1n) is 14.7. The van der Waals surface area contributed by atoms with Crippen molar-refractivity contribution in [1.82, 2.24) is 10.6 Å². The molecule has 1 heterocycles. The number of rotatable bonds is 12. The Balaban J connectivity index is 1.48. The summed E-state index contributed by atoms with van der Waals surface area (Å²) in [6.45, 7) is 3.23. The fraction of sp³-hybridized carbons (Fsp3) is 0.438. The molecule has 1 saturated heterocycles. The highest BCUT2D eigenvalue weighted by molar-refractivity contribution is 5.81. The molecule has 2 amide bonds. The molecule has 0 bridgehead atoms. The molecular weight excluding hydrogens is 620 g/mol. The molecule has 1 aliphatic heterocycles. The topological polar surface area (TPSA) is 202 Å². The normalized spacial score (nSPS) is 22.1. The summed E-state index contributed by atoms with van der Waals surface area (Å²) in [6, 6.07) is 12.5. The molecule has 0 spiro atoms. The number of alkyl carbamates (subject to hydrolysis) is 1. The second-order valence-electron chi connectivity index (χ2n) is 10.9. The third-order valence-electron chi connectivity index (χ3n) is 7.43. The maximum Gasteiger partial charge on any atom is 0.407 e. The van der Waals surface area contributed by atoms with Crippen LogP contribution < -0.4 is 10.6 Å². The lowest BCUT2D eigenvalue weighted by Gasteiger charge is -2.45. The van der Waals surface area contributed by atoms with Gasteiger partial charge in [0.15, 0.2) is 24.5 Å². The van der Waals surface area contributed by atoms with E-state index in [1.165, 1.54) is 0 Å². The van der Waals surface area contributed by atoms with Crippen LogP contribution in [0.15, 0.2) is 48.5 Å². The number of amides is 2. The van der Waals surface area contributed by atoms with Gasteiger partial charge < -0.3 is 44.2 Å². The average molecular weight is 657 g/mol. The lowest BCUT2D eigenvalue weighted by atomic mass is 9.96. The number of ether oxygens (including phenoxy) is 6. The molecule has 1 fully saturated rings. The number of esters is 3. The Bertz CT molecular complexity index is 1470. The van der Waals surface area contributed by atoms with Crippen molar-refractivity contribution in [1.29, 1.82) is 0 Å². The minimum Gasteiger partial charge on any atom is -0.480 e. The quantitative estimate of drug-likeness (QED) is 0.220. The Labute approximate surface area is 269 Å². The molecule has 0 radical (unpaired) electrons. The largest absolute Gasteiger partial charge is 0.480 e. The molecule has 15 nitrogen and oxygen atoms in total. The van der Waals surface area contributed by atoms with Crippen molar-refractivity contribution >= 4 is 35.9 Å². The van der Waals surface area contributed by atoms with E-state index in [9.17, 15) is 33.9 Å². The van der Waals surface area contributed by atoms with Crippen LogP contribution in [0, 0.1) is 0 Å². The smallest absolute Gasteiger partial charge is 0.407 e. The van der Waals surface area contributed by atoms with Crippen LogP contribution >= 0.6 is 0 Å². The molecule has 2 aromatic rings. The Morgan fingerprint density at radius 1 is 0.787 bits per heavy atom. The zero-order valence-corrected chi connectivity index (χ0v) is 26.1. The van der Waals surface area contributed by atoms with E-state index in [4.69, 9.17) is 28.4 Å². The van der Waals surface area contributed by atoms with E-state index in [2.05, 4.69) is 10.6 Å². The molecule has 2 aliphatic rings. The number of hydrogen-bond donors (Lipinski definition) is 3. The lowest BCUT2D eigenvalue weighted by molar-refractivity contribution is -0.278. The number of benzene rings is 2. The van der Waals surface area contributed by atoms with E-state index in [-0.39, 0.29) is 12.5 Å². The first kappa shape index (κ1) is 34.8. The Kier molecular flexibility index (Phi) is 11.5. The Morgan fingerprint density at radius 2 is 1.36 bits per heavy atom. The summed E-state index contributed by atoms with van der Waals surface area (Å²) in [5, 5.41) is 14.6. The van der Waals surface area contributed by atoms with Crippen LogP contribution in [0.5, 0.6) is 0 Å². The summed E-state index contributed by atoms with van der Waals surface area (Å²) >= 11 is 0. The number of carbonyl (C=O) groups is 6. The number of fused-ring (bicyclic) bond motifs is 3. The SMILES string of the molecule is CC(=O)NC1C(OC(C)=O)[C@@H](OC(C)=O)C(COC(C)=O)O[C@H]1OC[C@H](NC(=O)OCC1c2ccccc2-c2ccccc21)C(=O)O. The minimum atomic E-state index is -1.66. The van der Waals surface area contributed by atoms with Crippen LogP contribution in [0.2, 0.25) is 0 Å².